The van der Waals surface area contributed by atoms with Gasteiger partial charge >= 0.3 is 0 Å². The Kier molecular flexibility index (Phi) is 7.30. The number of para-hydroxylation sites is 4. The Morgan fingerprint density at radius 1 is 0.312 bits per heavy atom. The van der Waals surface area contributed by atoms with Gasteiger partial charge in [-0.2, -0.15) is 0 Å². The van der Waals surface area contributed by atoms with Gasteiger partial charge in [0.25, 0.3) is 0 Å². The Morgan fingerprint density at radius 3 is 1.27 bits per heavy atom. The van der Waals surface area contributed by atoms with Gasteiger partial charge in [-0.15, -0.1) is 0 Å². The summed E-state index contributed by atoms with van der Waals surface area (Å²) >= 11 is 0. The lowest BCUT2D eigenvalue weighted by molar-refractivity contribution is 0.476. The Hall–Kier alpha value is -8.74. The highest BCUT2D eigenvalue weighted by molar-refractivity contribution is 6.24. The van der Waals surface area contributed by atoms with Gasteiger partial charge in [-0.05, 0) is 88.6 Å². The minimum atomic E-state index is 0.770. The second kappa shape index (κ2) is 13.4. The molecule has 14 rings (SSSR count). The number of aromatic nitrogens is 4. The fraction of sp³-hybridized carbons (Fsp3) is 0. The van der Waals surface area contributed by atoms with Crippen LogP contribution in [0.15, 0.2) is 213 Å². The lowest BCUT2D eigenvalue weighted by Crippen LogP contribution is -2.16. The fourth-order valence-electron chi connectivity index (χ4n) is 10.4. The molecule has 13 aromatic rings. The number of anilines is 3. The Balaban J connectivity index is 1.02. The average molecular weight is 818 g/mol. The molecule has 10 aromatic carbocycles. The molecule has 0 amide bonds. The summed E-state index contributed by atoms with van der Waals surface area (Å²) < 4.78 is 11.8. The molecule has 64 heavy (non-hydrogen) atoms. The summed E-state index contributed by atoms with van der Waals surface area (Å²) in [5.41, 5.74) is 13.7. The summed E-state index contributed by atoms with van der Waals surface area (Å²) in [4.78, 5) is 12.1. The molecule has 0 N–H and O–H groups in total. The molecule has 0 saturated carbocycles. The number of fused-ring (bicyclic) bond motifs is 14. The second-order valence-corrected chi connectivity index (χ2v) is 16.6. The number of hydrogen-bond acceptors (Lipinski definition) is 4. The lowest BCUT2D eigenvalue weighted by atomic mass is 9.95. The van der Waals surface area contributed by atoms with E-state index in [1.807, 2.05) is 0 Å². The van der Waals surface area contributed by atoms with Gasteiger partial charge in [0.15, 0.2) is 11.5 Å². The van der Waals surface area contributed by atoms with E-state index in [-0.39, 0.29) is 0 Å². The third kappa shape index (κ3) is 5.02. The molecule has 3 aromatic heterocycles. The Labute approximate surface area is 367 Å². The van der Waals surface area contributed by atoms with Gasteiger partial charge in [-0.3, -0.25) is 9.97 Å². The predicted molar refractivity (Wildman–Crippen MR) is 263 cm³/mol. The first-order chi connectivity index (χ1) is 31.7. The Bertz CT molecular complexity index is 3800. The SMILES string of the molecule is c1ccc(-c2ccc3c(c2)c2cc(N4c5ccc(-n6c7ccccc7c7ccccc76)cc5Oc5cc(-n6c7ccccc7c7ccccc76)ccc54)ccc2c2nccnc32)cc1. The van der Waals surface area contributed by atoms with Crippen LogP contribution >= 0.6 is 0 Å². The highest BCUT2D eigenvalue weighted by atomic mass is 16.5. The van der Waals surface area contributed by atoms with Gasteiger partial charge in [-0.25, -0.2) is 0 Å². The molecule has 0 unspecified atom stereocenters. The number of nitrogens with zero attached hydrogens (tertiary/aromatic N) is 5. The molecular formula is C58H35N5O. The molecule has 298 valence electrons. The van der Waals surface area contributed by atoms with Gasteiger partial charge in [0, 0.05) is 62.5 Å². The minimum absolute atomic E-state index is 0.770. The zero-order valence-corrected chi connectivity index (χ0v) is 34.4. The van der Waals surface area contributed by atoms with Gasteiger partial charge in [0.05, 0.1) is 55.8 Å². The maximum atomic E-state index is 7.15. The van der Waals surface area contributed by atoms with Crippen LogP contribution in [0.3, 0.4) is 0 Å². The van der Waals surface area contributed by atoms with Crippen LogP contribution in [-0.4, -0.2) is 19.1 Å². The van der Waals surface area contributed by atoms with E-state index in [9.17, 15) is 0 Å². The molecule has 0 spiro atoms. The van der Waals surface area contributed by atoms with E-state index < -0.39 is 0 Å². The summed E-state index contributed by atoms with van der Waals surface area (Å²) in [6, 6.07) is 71.8. The number of ether oxygens (including phenoxy) is 1. The van der Waals surface area contributed by atoms with E-state index in [1.54, 1.807) is 12.4 Å². The molecule has 6 nitrogen and oxygen atoms in total. The molecule has 0 bridgehead atoms. The maximum Gasteiger partial charge on any atom is 0.153 e. The number of rotatable bonds is 4. The van der Waals surface area contributed by atoms with Crippen LogP contribution in [0.2, 0.25) is 0 Å². The van der Waals surface area contributed by atoms with E-state index in [4.69, 9.17) is 14.7 Å². The molecule has 1 aliphatic rings. The fourth-order valence-corrected chi connectivity index (χ4v) is 10.4. The molecule has 6 heteroatoms. The molecular weight excluding hydrogens is 783 g/mol. The van der Waals surface area contributed by atoms with Crippen LogP contribution in [0.25, 0.3) is 98.7 Å². The third-order valence-electron chi connectivity index (χ3n) is 13.2. The highest BCUT2D eigenvalue weighted by Gasteiger charge is 2.29. The zero-order chi connectivity index (χ0) is 41.9. The van der Waals surface area contributed by atoms with Crippen LogP contribution in [0.1, 0.15) is 0 Å². The van der Waals surface area contributed by atoms with E-state index >= 15 is 0 Å². The monoisotopic (exact) mass is 817 g/mol. The van der Waals surface area contributed by atoms with Crippen molar-refractivity contribution in [3.63, 3.8) is 0 Å². The van der Waals surface area contributed by atoms with E-state index in [1.165, 1.54) is 27.1 Å². The maximum absolute atomic E-state index is 7.15. The van der Waals surface area contributed by atoms with Crippen LogP contribution in [0.5, 0.6) is 11.5 Å². The summed E-state index contributed by atoms with van der Waals surface area (Å²) in [6.45, 7) is 0. The summed E-state index contributed by atoms with van der Waals surface area (Å²) in [5.74, 6) is 1.54. The minimum Gasteiger partial charge on any atom is -0.453 e. The van der Waals surface area contributed by atoms with Crippen LogP contribution < -0.4 is 9.64 Å². The smallest absolute Gasteiger partial charge is 0.153 e. The van der Waals surface area contributed by atoms with Gasteiger partial charge in [-0.1, -0.05) is 121 Å². The largest absolute Gasteiger partial charge is 0.453 e. The molecule has 1 aliphatic heterocycles. The molecule has 0 radical (unpaired) electrons. The van der Waals surface area contributed by atoms with Crippen molar-refractivity contribution in [3.8, 4) is 34.0 Å². The number of benzene rings is 10. The van der Waals surface area contributed by atoms with Crippen LogP contribution in [0.4, 0.5) is 17.1 Å². The van der Waals surface area contributed by atoms with Crippen LogP contribution in [-0.2, 0) is 0 Å². The first-order valence-electron chi connectivity index (χ1n) is 21.6. The molecule has 0 fully saturated rings. The first-order valence-corrected chi connectivity index (χ1v) is 21.6. The molecule has 0 atom stereocenters. The molecule has 4 heterocycles. The van der Waals surface area contributed by atoms with Crippen molar-refractivity contribution in [2.24, 2.45) is 0 Å². The second-order valence-electron chi connectivity index (χ2n) is 16.6. The summed E-state index contributed by atoms with van der Waals surface area (Å²) in [5, 5.41) is 9.24. The standard InChI is InChI=1S/C58H35N5O/c1-2-12-36(13-3-1)37-22-26-45-47(32-37)48-33-38(23-27-46(48)58-57(45)59-30-31-60-58)63-53-28-24-39(61-49-18-8-4-14-41(49)42-15-5-9-19-50(42)61)34-55(53)64-56-35-40(25-29-54(56)63)62-51-20-10-6-16-43(51)44-17-7-11-21-52(44)62/h1-35H. The van der Waals surface area contributed by atoms with Gasteiger partial charge < -0.3 is 18.8 Å². The topological polar surface area (TPSA) is 48.1 Å². The Morgan fingerprint density at radius 2 is 0.750 bits per heavy atom. The highest BCUT2D eigenvalue weighted by Crippen LogP contribution is 2.53. The first kappa shape index (κ1) is 34.9. The van der Waals surface area contributed by atoms with E-state index in [0.717, 1.165) is 100 Å². The van der Waals surface area contributed by atoms with Gasteiger partial charge in [0.1, 0.15) is 0 Å². The molecule has 0 saturated heterocycles. The van der Waals surface area contributed by atoms with Crippen molar-refractivity contribution in [2.75, 3.05) is 4.90 Å². The van der Waals surface area contributed by atoms with Gasteiger partial charge in [0.2, 0.25) is 0 Å². The van der Waals surface area contributed by atoms with Crippen molar-refractivity contribution in [3.05, 3.63) is 213 Å². The summed E-state index contributed by atoms with van der Waals surface area (Å²) in [7, 11) is 0. The molecule has 0 aliphatic carbocycles. The van der Waals surface area contributed by atoms with Crippen molar-refractivity contribution >= 4 is 93.3 Å². The van der Waals surface area contributed by atoms with E-state index in [0.29, 0.717) is 0 Å². The normalized spacial score (nSPS) is 12.5. The average Bonchev–Trinajstić information content (AvgIpc) is 3.88. The van der Waals surface area contributed by atoms with Crippen molar-refractivity contribution in [2.45, 2.75) is 0 Å². The summed E-state index contributed by atoms with van der Waals surface area (Å²) in [6.07, 6.45) is 3.58. The lowest BCUT2D eigenvalue weighted by Gasteiger charge is -2.34. The van der Waals surface area contributed by atoms with Crippen molar-refractivity contribution in [1.82, 2.24) is 19.1 Å². The zero-order valence-electron chi connectivity index (χ0n) is 34.4. The number of hydrogen-bond donors (Lipinski definition) is 0. The van der Waals surface area contributed by atoms with Crippen LogP contribution in [0, 0.1) is 0 Å². The quantitative estimate of drug-likeness (QED) is 0.166. The van der Waals surface area contributed by atoms with E-state index in [2.05, 4.69) is 214 Å². The predicted octanol–water partition coefficient (Wildman–Crippen LogP) is 15.4. The van der Waals surface area contributed by atoms with Crippen molar-refractivity contribution < 1.29 is 4.74 Å². The third-order valence-corrected chi connectivity index (χ3v) is 13.2. The van der Waals surface area contributed by atoms with Crippen molar-refractivity contribution in [1.29, 1.82) is 0 Å².